The van der Waals surface area contributed by atoms with Crippen molar-refractivity contribution in [2.45, 2.75) is 45.3 Å². The van der Waals surface area contributed by atoms with E-state index in [1.807, 2.05) is 0 Å². The summed E-state index contributed by atoms with van der Waals surface area (Å²) in [6, 6.07) is 8.56. The number of benzene rings is 1. The minimum absolute atomic E-state index is 0.171. The Hall–Kier alpha value is -1.39. The Kier molecular flexibility index (Phi) is 5.68. The molecule has 0 aromatic heterocycles. The molecule has 0 aliphatic carbocycles. The van der Waals surface area contributed by atoms with Crippen LogP contribution >= 0.6 is 0 Å². The predicted octanol–water partition coefficient (Wildman–Crippen LogP) is 2.50. The van der Waals surface area contributed by atoms with E-state index in [1.54, 1.807) is 0 Å². The van der Waals surface area contributed by atoms with Gasteiger partial charge in [0.2, 0.25) is 5.91 Å². The van der Waals surface area contributed by atoms with E-state index in [0.717, 1.165) is 51.9 Å². The van der Waals surface area contributed by atoms with Crippen molar-refractivity contribution in [1.29, 1.82) is 0 Å². The van der Waals surface area contributed by atoms with Gasteiger partial charge < -0.3 is 10.1 Å². The normalized spacial score (nSPS) is 23.1. The molecule has 0 saturated carbocycles. The zero-order valence-corrected chi connectivity index (χ0v) is 14.1. The molecule has 2 fully saturated rings. The second kappa shape index (κ2) is 7.93. The van der Waals surface area contributed by atoms with Gasteiger partial charge in [-0.1, -0.05) is 24.3 Å². The molecule has 4 heteroatoms. The van der Waals surface area contributed by atoms with Crippen molar-refractivity contribution in [2.24, 2.45) is 5.92 Å². The molecule has 3 rings (SSSR count). The number of amides is 1. The summed E-state index contributed by atoms with van der Waals surface area (Å²) in [4.78, 5) is 14.8. The average molecular weight is 316 g/mol. The number of piperidine rings is 1. The number of likely N-dealkylation sites (tertiary alicyclic amines) is 1. The number of nitrogens with zero attached hydrogens (tertiary/aromatic N) is 1. The van der Waals surface area contributed by atoms with Crippen LogP contribution in [0, 0.1) is 12.8 Å². The maximum absolute atomic E-state index is 12.3. The first kappa shape index (κ1) is 16.5. The number of carbonyl (C=O) groups excluding carboxylic acids is 1. The van der Waals surface area contributed by atoms with Gasteiger partial charge in [0.1, 0.15) is 0 Å². The second-order valence-electron chi connectivity index (χ2n) is 6.86. The molecule has 1 amide bonds. The topological polar surface area (TPSA) is 41.6 Å². The van der Waals surface area contributed by atoms with Crippen LogP contribution in [0.3, 0.4) is 0 Å². The maximum Gasteiger partial charge on any atom is 0.223 e. The third-order valence-electron chi connectivity index (χ3n) is 5.14. The van der Waals surface area contributed by atoms with E-state index < -0.39 is 0 Å². The number of aryl methyl sites for hydroxylation is 1. The number of ether oxygens (including phenoxy) is 1. The van der Waals surface area contributed by atoms with Crippen LogP contribution < -0.4 is 5.32 Å². The van der Waals surface area contributed by atoms with Crippen LogP contribution in [0.15, 0.2) is 24.3 Å². The first-order valence-corrected chi connectivity index (χ1v) is 8.88. The fourth-order valence-electron chi connectivity index (χ4n) is 3.55. The lowest BCUT2D eigenvalue weighted by Gasteiger charge is -2.31. The monoisotopic (exact) mass is 316 g/mol. The molecule has 2 aliphatic rings. The Morgan fingerprint density at radius 1 is 1.26 bits per heavy atom. The van der Waals surface area contributed by atoms with Gasteiger partial charge in [0.25, 0.3) is 0 Å². The van der Waals surface area contributed by atoms with Gasteiger partial charge in [0.05, 0.1) is 6.10 Å². The Balaban J connectivity index is 1.41. The lowest BCUT2D eigenvalue weighted by molar-refractivity contribution is -0.127. The summed E-state index contributed by atoms with van der Waals surface area (Å²) >= 11 is 0. The van der Waals surface area contributed by atoms with Crippen molar-refractivity contribution in [3.63, 3.8) is 0 Å². The van der Waals surface area contributed by atoms with Crippen LogP contribution in [0.25, 0.3) is 0 Å². The standard InChI is InChI=1S/C19H28N2O2/c1-15-5-2-3-6-17(15)14-21-10-8-16(9-11-21)19(22)20-13-18-7-4-12-23-18/h2-3,5-6,16,18H,4,7-14H2,1H3,(H,20,22)/t18-/m1/s1. The summed E-state index contributed by atoms with van der Waals surface area (Å²) in [6.07, 6.45) is 4.36. The van der Waals surface area contributed by atoms with Crippen molar-refractivity contribution in [3.05, 3.63) is 35.4 Å². The van der Waals surface area contributed by atoms with Crippen molar-refractivity contribution in [2.75, 3.05) is 26.2 Å². The molecule has 1 aromatic rings. The first-order chi connectivity index (χ1) is 11.2. The highest BCUT2D eigenvalue weighted by Gasteiger charge is 2.26. The van der Waals surface area contributed by atoms with E-state index >= 15 is 0 Å². The van der Waals surface area contributed by atoms with E-state index in [4.69, 9.17) is 4.74 Å². The number of rotatable bonds is 5. The van der Waals surface area contributed by atoms with Crippen LogP contribution in [-0.4, -0.2) is 43.2 Å². The molecule has 2 aliphatic heterocycles. The molecule has 1 atom stereocenters. The summed E-state index contributed by atoms with van der Waals surface area (Å²) in [7, 11) is 0. The lowest BCUT2D eigenvalue weighted by atomic mass is 9.95. The highest BCUT2D eigenvalue weighted by molar-refractivity contribution is 5.78. The smallest absolute Gasteiger partial charge is 0.223 e. The van der Waals surface area contributed by atoms with Gasteiger partial charge in [-0.05, 0) is 56.8 Å². The van der Waals surface area contributed by atoms with E-state index in [0.29, 0.717) is 6.54 Å². The van der Waals surface area contributed by atoms with Gasteiger partial charge in [0, 0.05) is 25.6 Å². The minimum atomic E-state index is 0.171. The third kappa shape index (κ3) is 4.55. The van der Waals surface area contributed by atoms with Crippen LogP contribution in [0.1, 0.15) is 36.8 Å². The third-order valence-corrected chi connectivity index (χ3v) is 5.14. The van der Waals surface area contributed by atoms with E-state index in [9.17, 15) is 4.79 Å². The van der Waals surface area contributed by atoms with Crippen molar-refractivity contribution < 1.29 is 9.53 Å². The van der Waals surface area contributed by atoms with Gasteiger partial charge in [-0.2, -0.15) is 0 Å². The lowest BCUT2D eigenvalue weighted by Crippen LogP contribution is -2.42. The van der Waals surface area contributed by atoms with Crippen LogP contribution in [0.4, 0.5) is 0 Å². The van der Waals surface area contributed by atoms with E-state index in [-0.39, 0.29) is 17.9 Å². The van der Waals surface area contributed by atoms with Gasteiger partial charge >= 0.3 is 0 Å². The molecule has 0 spiro atoms. The fraction of sp³-hybridized carbons (Fsp3) is 0.632. The largest absolute Gasteiger partial charge is 0.376 e. The first-order valence-electron chi connectivity index (χ1n) is 8.88. The Morgan fingerprint density at radius 3 is 2.74 bits per heavy atom. The van der Waals surface area contributed by atoms with E-state index in [2.05, 4.69) is 41.4 Å². The summed E-state index contributed by atoms with van der Waals surface area (Å²) < 4.78 is 5.56. The maximum atomic E-state index is 12.3. The summed E-state index contributed by atoms with van der Waals surface area (Å²) in [5.74, 6) is 0.389. The number of nitrogens with one attached hydrogen (secondary N) is 1. The molecular weight excluding hydrogens is 288 g/mol. The van der Waals surface area contributed by atoms with Gasteiger partial charge in [-0.3, -0.25) is 9.69 Å². The highest BCUT2D eigenvalue weighted by Crippen LogP contribution is 2.20. The molecule has 2 saturated heterocycles. The molecular formula is C19H28N2O2. The minimum Gasteiger partial charge on any atom is -0.376 e. The molecule has 0 unspecified atom stereocenters. The highest BCUT2D eigenvalue weighted by atomic mass is 16.5. The Labute approximate surface area is 139 Å². The number of carbonyl (C=O) groups is 1. The summed E-state index contributed by atoms with van der Waals surface area (Å²) in [5, 5.41) is 3.09. The Morgan fingerprint density at radius 2 is 2.04 bits per heavy atom. The van der Waals surface area contributed by atoms with Crippen molar-refractivity contribution >= 4 is 5.91 Å². The molecule has 23 heavy (non-hydrogen) atoms. The van der Waals surface area contributed by atoms with Gasteiger partial charge in [0.15, 0.2) is 0 Å². The zero-order chi connectivity index (χ0) is 16.1. The molecule has 126 valence electrons. The Bertz CT molecular complexity index is 518. The molecule has 0 radical (unpaired) electrons. The van der Waals surface area contributed by atoms with Crippen molar-refractivity contribution in [1.82, 2.24) is 10.2 Å². The quantitative estimate of drug-likeness (QED) is 0.907. The zero-order valence-electron chi connectivity index (χ0n) is 14.1. The van der Waals surface area contributed by atoms with E-state index in [1.165, 1.54) is 11.1 Å². The number of hydrogen-bond donors (Lipinski definition) is 1. The average Bonchev–Trinajstić information content (AvgIpc) is 3.09. The van der Waals surface area contributed by atoms with Crippen molar-refractivity contribution in [3.8, 4) is 0 Å². The fourth-order valence-corrected chi connectivity index (χ4v) is 3.55. The van der Waals surface area contributed by atoms with Gasteiger partial charge in [-0.15, -0.1) is 0 Å². The van der Waals surface area contributed by atoms with Crippen LogP contribution in [-0.2, 0) is 16.1 Å². The molecule has 1 N–H and O–H groups in total. The van der Waals surface area contributed by atoms with Gasteiger partial charge in [-0.25, -0.2) is 0 Å². The molecule has 1 aromatic carbocycles. The molecule has 2 heterocycles. The molecule has 0 bridgehead atoms. The van der Waals surface area contributed by atoms with Crippen LogP contribution in [0.2, 0.25) is 0 Å². The van der Waals surface area contributed by atoms with Crippen LogP contribution in [0.5, 0.6) is 0 Å². The molecule has 4 nitrogen and oxygen atoms in total. The second-order valence-corrected chi connectivity index (χ2v) is 6.86. The SMILES string of the molecule is Cc1ccccc1CN1CCC(C(=O)NC[C@H]2CCCO2)CC1. The predicted molar refractivity (Wildman–Crippen MR) is 91.2 cm³/mol. The summed E-state index contributed by atoms with van der Waals surface area (Å²) in [5.41, 5.74) is 2.75. The summed E-state index contributed by atoms with van der Waals surface area (Å²) in [6.45, 7) is 6.70. The number of hydrogen-bond acceptors (Lipinski definition) is 3.